The number of hydrogen-bond donors (Lipinski definition) is 0. The van der Waals surface area contributed by atoms with Crippen molar-refractivity contribution in [3.8, 4) is 11.5 Å². The highest BCUT2D eigenvalue weighted by Gasteiger charge is 2.14. The third-order valence-corrected chi connectivity index (χ3v) is 4.93. The molecule has 142 valence electrons. The SMILES string of the molecule is COc1cc2cncc(Cc3cc4ccccc4nc3N(C)C)c2cc1OC. The monoisotopic (exact) mass is 373 g/mol. The van der Waals surface area contributed by atoms with E-state index in [9.17, 15) is 0 Å². The molecule has 0 saturated heterocycles. The van der Waals surface area contributed by atoms with E-state index in [4.69, 9.17) is 14.5 Å². The minimum Gasteiger partial charge on any atom is -0.493 e. The molecule has 5 heteroatoms. The van der Waals surface area contributed by atoms with Crippen molar-refractivity contribution in [1.29, 1.82) is 0 Å². The van der Waals surface area contributed by atoms with Gasteiger partial charge in [0.15, 0.2) is 11.5 Å². The topological polar surface area (TPSA) is 47.5 Å². The van der Waals surface area contributed by atoms with Gasteiger partial charge in [0.25, 0.3) is 0 Å². The summed E-state index contributed by atoms with van der Waals surface area (Å²) in [5.74, 6) is 2.39. The van der Waals surface area contributed by atoms with Crippen LogP contribution in [-0.2, 0) is 6.42 Å². The highest BCUT2D eigenvalue weighted by atomic mass is 16.5. The summed E-state index contributed by atoms with van der Waals surface area (Å²) in [6.07, 6.45) is 4.50. The van der Waals surface area contributed by atoms with Crippen LogP contribution in [0.25, 0.3) is 21.7 Å². The van der Waals surface area contributed by atoms with Gasteiger partial charge in [-0.25, -0.2) is 4.98 Å². The second-order valence-corrected chi connectivity index (χ2v) is 6.96. The molecule has 2 aromatic carbocycles. The number of fused-ring (bicyclic) bond motifs is 2. The van der Waals surface area contributed by atoms with Crippen molar-refractivity contribution >= 4 is 27.5 Å². The number of pyridine rings is 2. The molecule has 0 bridgehead atoms. The largest absolute Gasteiger partial charge is 0.493 e. The fraction of sp³-hybridized carbons (Fsp3) is 0.217. The van der Waals surface area contributed by atoms with E-state index in [1.165, 1.54) is 0 Å². The van der Waals surface area contributed by atoms with Crippen LogP contribution < -0.4 is 14.4 Å². The predicted octanol–water partition coefficient (Wildman–Crippen LogP) is 4.46. The van der Waals surface area contributed by atoms with Crippen LogP contribution in [0.4, 0.5) is 5.82 Å². The molecule has 0 fully saturated rings. The van der Waals surface area contributed by atoms with Crippen molar-refractivity contribution < 1.29 is 9.47 Å². The molecule has 0 aliphatic rings. The Hall–Kier alpha value is -3.34. The predicted molar refractivity (Wildman–Crippen MR) is 114 cm³/mol. The van der Waals surface area contributed by atoms with Crippen LogP contribution in [0.3, 0.4) is 0 Å². The third-order valence-electron chi connectivity index (χ3n) is 4.93. The number of methoxy groups -OCH3 is 2. The first-order valence-corrected chi connectivity index (χ1v) is 9.15. The molecule has 4 aromatic rings. The summed E-state index contributed by atoms with van der Waals surface area (Å²) in [7, 11) is 7.35. The van der Waals surface area contributed by atoms with Crippen LogP contribution in [0.1, 0.15) is 11.1 Å². The van der Waals surface area contributed by atoms with E-state index in [2.05, 4.69) is 22.0 Å². The van der Waals surface area contributed by atoms with Crippen molar-refractivity contribution in [2.75, 3.05) is 33.2 Å². The number of nitrogens with zero attached hydrogens (tertiary/aromatic N) is 3. The van der Waals surface area contributed by atoms with E-state index in [0.717, 1.165) is 45.0 Å². The Kier molecular flexibility index (Phi) is 4.74. The first-order chi connectivity index (χ1) is 13.6. The lowest BCUT2D eigenvalue weighted by atomic mass is 9.99. The average molecular weight is 373 g/mol. The number of anilines is 1. The molecule has 0 aliphatic heterocycles. The Morgan fingerprint density at radius 3 is 2.36 bits per heavy atom. The number of benzene rings is 2. The average Bonchev–Trinajstić information content (AvgIpc) is 2.72. The summed E-state index contributed by atoms with van der Waals surface area (Å²) < 4.78 is 10.9. The van der Waals surface area contributed by atoms with Crippen molar-refractivity contribution in [1.82, 2.24) is 9.97 Å². The lowest BCUT2D eigenvalue weighted by Crippen LogP contribution is -2.13. The first-order valence-electron chi connectivity index (χ1n) is 9.15. The van der Waals surface area contributed by atoms with Crippen molar-refractivity contribution in [2.45, 2.75) is 6.42 Å². The van der Waals surface area contributed by atoms with Crippen LogP contribution >= 0.6 is 0 Å². The Morgan fingerprint density at radius 1 is 0.857 bits per heavy atom. The van der Waals surface area contributed by atoms with Crippen LogP contribution in [0.5, 0.6) is 11.5 Å². The van der Waals surface area contributed by atoms with E-state index >= 15 is 0 Å². The summed E-state index contributed by atoms with van der Waals surface area (Å²) in [6, 6.07) is 14.4. The molecular formula is C23H23N3O2. The number of hydrogen-bond acceptors (Lipinski definition) is 5. The zero-order valence-corrected chi connectivity index (χ0v) is 16.6. The van der Waals surface area contributed by atoms with Crippen LogP contribution in [0.2, 0.25) is 0 Å². The molecular weight excluding hydrogens is 350 g/mol. The van der Waals surface area contributed by atoms with E-state index in [-0.39, 0.29) is 0 Å². The maximum Gasteiger partial charge on any atom is 0.161 e. The fourth-order valence-electron chi connectivity index (χ4n) is 3.57. The van der Waals surface area contributed by atoms with Gasteiger partial charge in [-0.15, -0.1) is 0 Å². The molecule has 0 saturated carbocycles. The van der Waals surface area contributed by atoms with Gasteiger partial charge in [0.05, 0.1) is 19.7 Å². The van der Waals surface area contributed by atoms with Gasteiger partial charge in [0.2, 0.25) is 0 Å². The molecule has 2 heterocycles. The lowest BCUT2D eigenvalue weighted by molar-refractivity contribution is 0.356. The molecule has 0 amide bonds. The number of ether oxygens (including phenoxy) is 2. The van der Waals surface area contributed by atoms with Gasteiger partial charge < -0.3 is 14.4 Å². The second kappa shape index (κ2) is 7.35. The highest BCUT2D eigenvalue weighted by molar-refractivity contribution is 5.89. The molecule has 0 radical (unpaired) electrons. The van der Waals surface area contributed by atoms with Gasteiger partial charge in [0.1, 0.15) is 5.82 Å². The van der Waals surface area contributed by atoms with Crippen molar-refractivity contribution in [2.24, 2.45) is 0 Å². The molecule has 0 spiro atoms. The summed E-state index contributed by atoms with van der Waals surface area (Å²) in [5.41, 5.74) is 3.28. The molecule has 0 unspecified atom stereocenters. The van der Waals surface area contributed by atoms with E-state index in [0.29, 0.717) is 11.5 Å². The van der Waals surface area contributed by atoms with Gasteiger partial charge in [-0.2, -0.15) is 0 Å². The second-order valence-electron chi connectivity index (χ2n) is 6.96. The van der Waals surface area contributed by atoms with Crippen LogP contribution in [0, 0.1) is 0 Å². The Bertz CT molecular complexity index is 1160. The first kappa shape index (κ1) is 18.0. The van der Waals surface area contributed by atoms with Gasteiger partial charge in [-0.3, -0.25) is 4.98 Å². The summed E-state index contributed by atoms with van der Waals surface area (Å²) in [4.78, 5) is 11.4. The van der Waals surface area contributed by atoms with Gasteiger partial charge in [0, 0.05) is 43.7 Å². The molecule has 0 aliphatic carbocycles. The molecule has 4 rings (SSSR count). The van der Waals surface area contributed by atoms with E-state index < -0.39 is 0 Å². The Morgan fingerprint density at radius 2 is 1.61 bits per heavy atom. The molecule has 0 atom stereocenters. The van der Waals surface area contributed by atoms with Gasteiger partial charge >= 0.3 is 0 Å². The minimum atomic E-state index is 0.704. The van der Waals surface area contributed by atoms with Crippen molar-refractivity contribution in [3.05, 3.63) is 66.0 Å². The Balaban J connectivity index is 1.87. The normalized spacial score (nSPS) is 11.0. The number of rotatable bonds is 5. The number of para-hydroxylation sites is 1. The Labute approximate surface area is 164 Å². The van der Waals surface area contributed by atoms with Gasteiger partial charge in [-0.05, 0) is 40.8 Å². The molecule has 2 aromatic heterocycles. The quantitative estimate of drug-likeness (QED) is 0.517. The van der Waals surface area contributed by atoms with Gasteiger partial charge in [-0.1, -0.05) is 18.2 Å². The molecule has 28 heavy (non-hydrogen) atoms. The fourth-order valence-corrected chi connectivity index (χ4v) is 3.57. The molecule has 0 N–H and O–H groups in total. The zero-order valence-electron chi connectivity index (χ0n) is 16.6. The molecule has 5 nitrogen and oxygen atoms in total. The standard InChI is InChI=1S/C23H23N3O2/c1-26(2)23-16(9-15-7-5-6-8-20(15)25-23)10-17-13-24-14-18-11-21(27-3)22(28-4)12-19(17)18/h5-9,11-14H,10H2,1-4H3. The number of aromatic nitrogens is 2. The maximum atomic E-state index is 5.50. The minimum absolute atomic E-state index is 0.704. The van der Waals surface area contributed by atoms with E-state index in [1.54, 1.807) is 14.2 Å². The van der Waals surface area contributed by atoms with Crippen LogP contribution in [-0.4, -0.2) is 38.3 Å². The van der Waals surface area contributed by atoms with Crippen LogP contribution in [0.15, 0.2) is 54.9 Å². The summed E-state index contributed by atoms with van der Waals surface area (Å²) in [6.45, 7) is 0. The summed E-state index contributed by atoms with van der Waals surface area (Å²) >= 11 is 0. The zero-order chi connectivity index (χ0) is 19.7. The van der Waals surface area contributed by atoms with E-state index in [1.807, 2.05) is 56.8 Å². The lowest BCUT2D eigenvalue weighted by Gasteiger charge is -2.18. The van der Waals surface area contributed by atoms with Crippen molar-refractivity contribution in [3.63, 3.8) is 0 Å². The smallest absolute Gasteiger partial charge is 0.161 e. The highest BCUT2D eigenvalue weighted by Crippen LogP contribution is 2.34. The maximum absolute atomic E-state index is 5.50. The summed E-state index contributed by atoms with van der Waals surface area (Å²) in [5, 5.41) is 3.26. The third kappa shape index (κ3) is 3.20.